The van der Waals surface area contributed by atoms with Gasteiger partial charge < -0.3 is 10.6 Å². The molecule has 1 heterocycles. The first kappa shape index (κ1) is 13.2. The van der Waals surface area contributed by atoms with Gasteiger partial charge in [-0.05, 0) is 31.7 Å². The molecule has 1 aromatic rings. The summed E-state index contributed by atoms with van der Waals surface area (Å²) in [5.41, 5.74) is 7.73. The van der Waals surface area contributed by atoms with E-state index in [9.17, 15) is 0 Å². The Hall–Kier alpha value is -0.900. The van der Waals surface area contributed by atoms with Crippen molar-refractivity contribution in [3.8, 4) is 0 Å². The van der Waals surface area contributed by atoms with Crippen molar-refractivity contribution < 1.29 is 0 Å². The van der Waals surface area contributed by atoms with Crippen LogP contribution in [0.25, 0.3) is 0 Å². The predicted molar refractivity (Wildman–Crippen MR) is 74.3 cm³/mol. The van der Waals surface area contributed by atoms with Gasteiger partial charge in [0, 0.05) is 24.5 Å². The zero-order valence-electron chi connectivity index (χ0n) is 10.5. The van der Waals surface area contributed by atoms with E-state index in [0.29, 0.717) is 6.04 Å². The van der Waals surface area contributed by atoms with Crippen LogP contribution >= 0.6 is 11.8 Å². The second kappa shape index (κ2) is 5.99. The number of hydrogen-bond acceptors (Lipinski definition) is 4. The summed E-state index contributed by atoms with van der Waals surface area (Å²) in [6.07, 6.45) is 3.23. The lowest BCUT2D eigenvalue weighted by Gasteiger charge is -2.28. The number of thioether (sulfide) groups is 1. The van der Waals surface area contributed by atoms with Crippen LogP contribution in [0.5, 0.6) is 0 Å². The monoisotopic (exact) mass is 239 g/mol. The second-order valence-corrected chi connectivity index (χ2v) is 4.90. The smallest absolute Gasteiger partial charge is 0.152 e. The predicted octanol–water partition coefficient (Wildman–Crippen LogP) is 2.55. The fourth-order valence-corrected chi connectivity index (χ4v) is 2.55. The Morgan fingerprint density at radius 3 is 2.75 bits per heavy atom. The molecule has 4 heteroatoms. The largest absolute Gasteiger partial charge is 0.396 e. The summed E-state index contributed by atoms with van der Waals surface area (Å²) in [6.45, 7) is 4.19. The van der Waals surface area contributed by atoms with Crippen molar-refractivity contribution in [1.29, 1.82) is 0 Å². The van der Waals surface area contributed by atoms with Crippen LogP contribution in [-0.2, 0) is 0 Å². The van der Waals surface area contributed by atoms with E-state index in [0.717, 1.165) is 29.4 Å². The summed E-state index contributed by atoms with van der Waals surface area (Å²) in [5, 5.41) is 0. The molecule has 0 saturated heterocycles. The Bertz CT molecular complexity index is 341. The number of nitrogens with two attached hydrogens (primary N) is 1. The van der Waals surface area contributed by atoms with E-state index in [2.05, 4.69) is 30.1 Å². The highest BCUT2D eigenvalue weighted by Gasteiger charge is 2.16. The van der Waals surface area contributed by atoms with Crippen LogP contribution < -0.4 is 10.6 Å². The maximum Gasteiger partial charge on any atom is 0.152 e. The average Bonchev–Trinajstić information content (AvgIpc) is 2.28. The van der Waals surface area contributed by atoms with Gasteiger partial charge in [-0.1, -0.05) is 6.92 Å². The van der Waals surface area contributed by atoms with Gasteiger partial charge in [-0.3, -0.25) is 0 Å². The summed E-state index contributed by atoms with van der Waals surface area (Å²) < 4.78 is 0. The molecule has 1 rings (SSSR count). The number of nitrogen functional groups attached to an aromatic ring is 1. The number of anilines is 2. The quantitative estimate of drug-likeness (QED) is 0.857. The van der Waals surface area contributed by atoms with Gasteiger partial charge in [0.05, 0.1) is 5.69 Å². The molecule has 0 radical (unpaired) electrons. The van der Waals surface area contributed by atoms with Crippen molar-refractivity contribution in [2.24, 2.45) is 0 Å². The molecular formula is C12H21N3S. The van der Waals surface area contributed by atoms with Crippen molar-refractivity contribution >= 4 is 23.3 Å². The number of nitrogens with zero attached hydrogens (tertiary/aromatic N) is 2. The first-order valence-electron chi connectivity index (χ1n) is 5.55. The van der Waals surface area contributed by atoms with Gasteiger partial charge in [0.15, 0.2) is 5.82 Å². The van der Waals surface area contributed by atoms with E-state index < -0.39 is 0 Å². The van der Waals surface area contributed by atoms with Gasteiger partial charge in [-0.15, -0.1) is 0 Å². The average molecular weight is 239 g/mol. The molecule has 0 aromatic carbocycles. The standard InChI is InChI=1S/C12H21N3S/c1-5-10(8-16-4)15(3)12-11(13)7-6-9(2)14-12/h6-7,10H,5,8,13H2,1-4H3. The van der Waals surface area contributed by atoms with Gasteiger partial charge in [0.1, 0.15) is 0 Å². The molecule has 3 nitrogen and oxygen atoms in total. The van der Waals surface area contributed by atoms with Crippen LogP contribution in [0.3, 0.4) is 0 Å². The highest BCUT2D eigenvalue weighted by molar-refractivity contribution is 7.98. The lowest BCUT2D eigenvalue weighted by molar-refractivity contribution is 0.666. The molecule has 0 saturated carbocycles. The molecule has 0 fully saturated rings. The van der Waals surface area contributed by atoms with Gasteiger partial charge in [-0.25, -0.2) is 4.98 Å². The van der Waals surface area contributed by atoms with Crippen LogP contribution in [0, 0.1) is 6.92 Å². The molecule has 16 heavy (non-hydrogen) atoms. The minimum absolute atomic E-state index is 0.492. The van der Waals surface area contributed by atoms with Crippen LogP contribution in [0.4, 0.5) is 11.5 Å². The van der Waals surface area contributed by atoms with Crippen molar-refractivity contribution in [2.75, 3.05) is 29.7 Å². The van der Waals surface area contributed by atoms with Gasteiger partial charge >= 0.3 is 0 Å². The SMILES string of the molecule is CCC(CSC)N(C)c1nc(C)ccc1N. The molecule has 0 aliphatic rings. The van der Waals surface area contributed by atoms with E-state index >= 15 is 0 Å². The molecule has 90 valence electrons. The Labute approximate surface area is 102 Å². The summed E-state index contributed by atoms with van der Waals surface area (Å²) in [6, 6.07) is 4.37. The minimum Gasteiger partial charge on any atom is -0.396 e. The fraction of sp³-hybridized carbons (Fsp3) is 0.583. The number of hydrogen-bond donors (Lipinski definition) is 1. The zero-order chi connectivity index (χ0) is 12.1. The molecule has 0 amide bonds. The van der Waals surface area contributed by atoms with Crippen LogP contribution in [0.1, 0.15) is 19.0 Å². The lowest BCUT2D eigenvalue weighted by atomic mass is 10.2. The molecule has 0 aliphatic heterocycles. The Kier molecular flexibility index (Phi) is 4.93. The molecule has 0 spiro atoms. The van der Waals surface area contributed by atoms with Gasteiger partial charge in [0.2, 0.25) is 0 Å². The van der Waals surface area contributed by atoms with Gasteiger partial charge in [0.25, 0.3) is 0 Å². The minimum atomic E-state index is 0.492. The summed E-state index contributed by atoms with van der Waals surface area (Å²) >= 11 is 1.86. The molecule has 1 atom stereocenters. The van der Waals surface area contributed by atoms with E-state index in [1.165, 1.54) is 0 Å². The number of pyridine rings is 1. The first-order valence-corrected chi connectivity index (χ1v) is 6.94. The Morgan fingerprint density at radius 2 is 2.19 bits per heavy atom. The highest BCUT2D eigenvalue weighted by atomic mass is 32.2. The van der Waals surface area contributed by atoms with Crippen molar-refractivity contribution in [3.05, 3.63) is 17.8 Å². The van der Waals surface area contributed by atoms with Crippen LogP contribution in [0.2, 0.25) is 0 Å². The summed E-state index contributed by atoms with van der Waals surface area (Å²) in [4.78, 5) is 6.71. The second-order valence-electron chi connectivity index (χ2n) is 3.99. The molecular weight excluding hydrogens is 218 g/mol. The first-order chi connectivity index (χ1) is 7.60. The van der Waals surface area contributed by atoms with Crippen LogP contribution in [-0.4, -0.2) is 30.1 Å². The number of rotatable bonds is 5. The summed E-state index contributed by atoms with van der Waals surface area (Å²) in [5.74, 6) is 2.00. The maximum atomic E-state index is 5.97. The zero-order valence-corrected chi connectivity index (χ0v) is 11.3. The molecule has 0 bridgehead atoms. The number of aryl methyl sites for hydroxylation is 1. The van der Waals surface area contributed by atoms with E-state index in [1.54, 1.807) is 0 Å². The van der Waals surface area contributed by atoms with E-state index in [4.69, 9.17) is 5.73 Å². The normalized spacial score (nSPS) is 12.5. The van der Waals surface area contributed by atoms with Gasteiger partial charge in [-0.2, -0.15) is 11.8 Å². The molecule has 1 unspecified atom stereocenters. The maximum absolute atomic E-state index is 5.97. The Balaban J connectivity index is 2.93. The van der Waals surface area contributed by atoms with E-state index in [1.807, 2.05) is 30.8 Å². The van der Waals surface area contributed by atoms with Crippen LogP contribution in [0.15, 0.2) is 12.1 Å². The molecule has 1 aromatic heterocycles. The van der Waals surface area contributed by atoms with Crippen molar-refractivity contribution in [3.63, 3.8) is 0 Å². The third-order valence-corrected chi connectivity index (χ3v) is 3.47. The summed E-state index contributed by atoms with van der Waals surface area (Å²) in [7, 11) is 2.07. The molecule has 0 aliphatic carbocycles. The topological polar surface area (TPSA) is 42.2 Å². The van der Waals surface area contributed by atoms with E-state index in [-0.39, 0.29) is 0 Å². The van der Waals surface area contributed by atoms with Crippen molar-refractivity contribution in [2.45, 2.75) is 26.3 Å². The molecule has 2 N–H and O–H groups in total. The third-order valence-electron chi connectivity index (χ3n) is 2.76. The van der Waals surface area contributed by atoms with Crippen molar-refractivity contribution in [1.82, 2.24) is 4.98 Å². The highest BCUT2D eigenvalue weighted by Crippen LogP contribution is 2.23. The lowest BCUT2D eigenvalue weighted by Crippen LogP contribution is -2.34. The number of aromatic nitrogens is 1. The fourth-order valence-electron chi connectivity index (χ4n) is 1.71. The third kappa shape index (κ3) is 3.04. The Morgan fingerprint density at radius 1 is 1.50 bits per heavy atom.